The molecule has 0 aromatic heterocycles. The summed E-state index contributed by atoms with van der Waals surface area (Å²) in [6, 6.07) is 10.5. The molecule has 0 saturated carbocycles. The van der Waals surface area contributed by atoms with Crippen LogP contribution in [0.1, 0.15) is 6.92 Å². The zero-order valence-corrected chi connectivity index (χ0v) is 12.1. The highest BCUT2D eigenvalue weighted by molar-refractivity contribution is 6.33. The number of para-hydroxylation sites is 3. The van der Waals surface area contributed by atoms with Crippen LogP contribution in [0.5, 0.6) is 5.75 Å². The number of carbonyl (C=O) groups is 1. The second-order valence-corrected chi connectivity index (χ2v) is 4.51. The van der Waals surface area contributed by atoms with Gasteiger partial charge in [-0.05, 0) is 31.2 Å². The van der Waals surface area contributed by atoms with E-state index >= 15 is 0 Å². The van der Waals surface area contributed by atoms with Crippen LogP contribution in [0.2, 0.25) is 5.02 Å². The van der Waals surface area contributed by atoms with E-state index in [1.54, 1.807) is 24.3 Å². The molecule has 0 unspecified atom stereocenters. The lowest BCUT2D eigenvalue weighted by atomic mass is 10.3. The fraction of sp³-hybridized carbons (Fsp3) is 0.133. The van der Waals surface area contributed by atoms with Crippen molar-refractivity contribution < 1.29 is 13.9 Å². The predicted octanol–water partition coefficient (Wildman–Crippen LogP) is 4.52. The highest BCUT2D eigenvalue weighted by Crippen LogP contribution is 2.26. The number of nitrogens with one attached hydrogen (secondary N) is 2. The fourth-order valence-electron chi connectivity index (χ4n) is 1.74. The first-order valence-electron chi connectivity index (χ1n) is 6.35. The van der Waals surface area contributed by atoms with Gasteiger partial charge in [0.25, 0.3) is 0 Å². The number of benzene rings is 2. The van der Waals surface area contributed by atoms with E-state index in [-0.39, 0.29) is 10.7 Å². The maximum absolute atomic E-state index is 13.6. The Labute approximate surface area is 126 Å². The molecule has 0 aliphatic rings. The molecular weight excluding hydrogens is 295 g/mol. The number of hydrogen-bond acceptors (Lipinski definition) is 2. The fourth-order valence-corrected chi connectivity index (χ4v) is 1.95. The quantitative estimate of drug-likeness (QED) is 0.872. The number of halogens is 2. The van der Waals surface area contributed by atoms with Gasteiger partial charge >= 0.3 is 6.03 Å². The molecule has 2 N–H and O–H groups in total. The van der Waals surface area contributed by atoms with Gasteiger partial charge in [0.15, 0.2) is 0 Å². The summed E-state index contributed by atoms with van der Waals surface area (Å²) < 4.78 is 19.0. The Bertz CT molecular complexity index is 629. The van der Waals surface area contributed by atoms with E-state index in [0.717, 1.165) is 0 Å². The van der Waals surface area contributed by atoms with Gasteiger partial charge in [0.1, 0.15) is 11.6 Å². The predicted molar refractivity (Wildman–Crippen MR) is 81.7 cm³/mol. The lowest BCUT2D eigenvalue weighted by Gasteiger charge is -2.13. The van der Waals surface area contributed by atoms with E-state index < -0.39 is 11.8 Å². The second kappa shape index (κ2) is 6.95. The average Bonchev–Trinajstić information content (AvgIpc) is 2.45. The monoisotopic (exact) mass is 308 g/mol. The molecule has 0 aliphatic heterocycles. The van der Waals surface area contributed by atoms with Gasteiger partial charge in [0.2, 0.25) is 0 Å². The van der Waals surface area contributed by atoms with Crippen LogP contribution < -0.4 is 15.4 Å². The number of carbonyl (C=O) groups excluding carboxylic acids is 1. The standard InChI is InChI=1S/C15H14ClFN2O2/c1-2-21-13-9-4-3-8-12(13)18-15(20)19-14-10(16)6-5-7-11(14)17/h3-9H,2H2,1H3,(H2,18,19,20). The number of amides is 2. The smallest absolute Gasteiger partial charge is 0.323 e. The van der Waals surface area contributed by atoms with Gasteiger partial charge in [0, 0.05) is 0 Å². The minimum absolute atomic E-state index is 0.0643. The van der Waals surface area contributed by atoms with Crippen molar-refractivity contribution in [3.05, 3.63) is 53.3 Å². The van der Waals surface area contributed by atoms with Crippen LogP contribution in [0.25, 0.3) is 0 Å². The number of hydrogen-bond donors (Lipinski definition) is 2. The topological polar surface area (TPSA) is 50.4 Å². The summed E-state index contributed by atoms with van der Waals surface area (Å²) in [4.78, 5) is 11.9. The van der Waals surface area contributed by atoms with Crippen LogP contribution in [0.3, 0.4) is 0 Å². The van der Waals surface area contributed by atoms with E-state index in [0.29, 0.717) is 18.0 Å². The Morgan fingerprint density at radius 2 is 1.95 bits per heavy atom. The zero-order chi connectivity index (χ0) is 15.2. The van der Waals surface area contributed by atoms with E-state index in [1.165, 1.54) is 18.2 Å². The normalized spacial score (nSPS) is 10.0. The van der Waals surface area contributed by atoms with Crippen molar-refractivity contribution in [2.45, 2.75) is 6.92 Å². The van der Waals surface area contributed by atoms with Gasteiger partial charge in [-0.3, -0.25) is 0 Å². The zero-order valence-electron chi connectivity index (χ0n) is 11.3. The first-order valence-corrected chi connectivity index (χ1v) is 6.73. The molecule has 0 radical (unpaired) electrons. The Kier molecular flexibility index (Phi) is 5.00. The largest absolute Gasteiger partial charge is 0.492 e. The molecule has 0 bridgehead atoms. The van der Waals surface area contributed by atoms with Crippen LogP contribution in [-0.2, 0) is 0 Å². The van der Waals surface area contributed by atoms with Crippen molar-refractivity contribution in [1.29, 1.82) is 0 Å². The van der Waals surface area contributed by atoms with Gasteiger partial charge in [-0.15, -0.1) is 0 Å². The first-order chi connectivity index (χ1) is 10.1. The van der Waals surface area contributed by atoms with Crippen LogP contribution in [0, 0.1) is 5.82 Å². The van der Waals surface area contributed by atoms with Gasteiger partial charge < -0.3 is 15.4 Å². The van der Waals surface area contributed by atoms with E-state index in [4.69, 9.17) is 16.3 Å². The summed E-state index contributed by atoms with van der Waals surface area (Å²) >= 11 is 5.85. The van der Waals surface area contributed by atoms with Crippen molar-refractivity contribution in [3.8, 4) is 5.75 Å². The molecule has 2 aromatic carbocycles. The van der Waals surface area contributed by atoms with Crippen LogP contribution in [0.15, 0.2) is 42.5 Å². The summed E-state index contributed by atoms with van der Waals surface area (Å²) in [5.74, 6) is -0.0643. The van der Waals surface area contributed by atoms with E-state index in [1.807, 2.05) is 6.92 Å². The van der Waals surface area contributed by atoms with Crippen LogP contribution >= 0.6 is 11.6 Å². The molecule has 0 fully saturated rings. The molecule has 0 spiro atoms. The molecule has 0 aliphatic carbocycles. The molecule has 0 heterocycles. The van der Waals surface area contributed by atoms with Crippen LogP contribution in [0.4, 0.5) is 20.6 Å². The second-order valence-electron chi connectivity index (χ2n) is 4.10. The molecule has 6 heteroatoms. The molecule has 2 aromatic rings. The first kappa shape index (κ1) is 15.1. The summed E-state index contributed by atoms with van der Waals surface area (Å²) in [7, 11) is 0. The minimum Gasteiger partial charge on any atom is -0.492 e. The van der Waals surface area contributed by atoms with Crippen molar-refractivity contribution in [1.82, 2.24) is 0 Å². The SMILES string of the molecule is CCOc1ccccc1NC(=O)Nc1c(F)cccc1Cl. The number of ether oxygens (including phenoxy) is 1. The van der Waals surface area contributed by atoms with E-state index in [9.17, 15) is 9.18 Å². The number of anilines is 2. The van der Waals surface area contributed by atoms with Crippen LogP contribution in [-0.4, -0.2) is 12.6 Å². The third kappa shape index (κ3) is 3.86. The third-order valence-electron chi connectivity index (χ3n) is 2.64. The molecule has 4 nitrogen and oxygen atoms in total. The Balaban J connectivity index is 2.12. The Hall–Kier alpha value is -2.27. The Morgan fingerprint density at radius 3 is 2.67 bits per heavy atom. The lowest BCUT2D eigenvalue weighted by molar-refractivity contribution is 0.261. The highest BCUT2D eigenvalue weighted by atomic mass is 35.5. The summed E-state index contributed by atoms with van der Waals surface area (Å²) in [6.45, 7) is 2.31. The maximum atomic E-state index is 13.6. The molecule has 0 atom stereocenters. The average molecular weight is 309 g/mol. The molecule has 2 rings (SSSR count). The molecule has 110 valence electrons. The lowest BCUT2D eigenvalue weighted by Crippen LogP contribution is -2.20. The summed E-state index contributed by atoms with van der Waals surface area (Å²) in [5.41, 5.74) is 0.426. The van der Waals surface area contributed by atoms with Crippen molar-refractivity contribution in [2.24, 2.45) is 0 Å². The number of urea groups is 1. The molecule has 2 amide bonds. The van der Waals surface area contributed by atoms with Gasteiger partial charge in [-0.25, -0.2) is 9.18 Å². The van der Waals surface area contributed by atoms with Gasteiger partial charge in [0.05, 0.1) is 23.0 Å². The number of rotatable bonds is 4. The third-order valence-corrected chi connectivity index (χ3v) is 2.95. The summed E-state index contributed by atoms with van der Waals surface area (Å²) in [6.07, 6.45) is 0. The van der Waals surface area contributed by atoms with Gasteiger partial charge in [-0.2, -0.15) is 0 Å². The molecule has 0 saturated heterocycles. The van der Waals surface area contributed by atoms with Gasteiger partial charge in [-0.1, -0.05) is 29.8 Å². The maximum Gasteiger partial charge on any atom is 0.323 e. The molecular formula is C15H14ClFN2O2. The van der Waals surface area contributed by atoms with Crippen molar-refractivity contribution in [2.75, 3.05) is 17.2 Å². The van der Waals surface area contributed by atoms with E-state index in [2.05, 4.69) is 10.6 Å². The van der Waals surface area contributed by atoms with Crippen molar-refractivity contribution in [3.63, 3.8) is 0 Å². The Morgan fingerprint density at radius 1 is 1.19 bits per heavy atom. The minimum atomic E-state index is -0.603. The molecule has 21 heavy (non-hydrogen) atoms. The summed E-state index contributed by atoms with van der Waals surface area (Å²) in [5, 5.41) is 5.11. The van der Waals surface area contributed by atoms with Crippen molar-refractivity contribution >= 4 is 29.0 Å². The highest BCUT2D eigenvalue weighted by Gasteiger charge is 2.12.